The van der Waals surface area contributed by atoms with E-state index < -0.39 is 0 Å². The van der Waals surface area contributed by atoms with Crippen molar-refractivity contribution in [2.24, 2.45) is 11.8 Å². The van der Waals surface area contributed by atoms with Gasteiger partial charge in [-0.25, -0.2) is 0 Å². The second-order valence-corrected chi connectivity index (χ2v) is 7.15. The molecule has 3 heteroatoms. The first-order chi connectivity index (χ1) is 9.24. The van der Waals surface area contributed by atoms with Crippen LogP contribution in [0.5, 0.6) is 0 Å². The van der Waals surface area contributed by atoms with Crippen LogP contribution in [-0.2, 0) is 0 Å². The van der Waals surface area contributed by atoms with Crippen molar-refractivity contribution in [2.75, 3.05) is 31.9 Å². The molecular weight excluding hydrogens is 252 g/mol. The van der Waals surface area contributed by atoms with Crippen molar-refractivity contribution in [2.45, 2.75) is 24.8 Å². The molecule has 3 atom stereocenters. The van der Waals surface area contributed by atoms with Crippen LogP contribution < -0.4 is 5.32 Å². The van der Waals surface area contributed by atoms with Crippen LogP contribution in [0.4, 0.5) is 0 Å². The van der Waals surface area contributed by atoms with Crippen LogP contribution in [0.2, 0.25) is 0 Å². The van der Waals surface area contributed by atoms with Crippen molar-refractivity contribution in [1.29, 1.82) is 0 Å². The van der Waals surface area contributed by atoms with Crippen LogP contribution in [-0.4, -0.2) is 42.9 Å². The van der Waals surface area contributed by atoms with Crippen molar-refractivity contribution >= 4 is 11.8 Å². The van der Waals surface area contributed by atoms with E-state index in [1.165, 1.54) is 42.4 Å². The predicted octanol–water partition coefficient (Wildman–Crippen LogP) is 2.63. The number of nitrogens with zero attached hydrogens (tertiary/aromatic N) is 1. The largest absolute Gasteiger partial charge is 0.316 e. The standard InChI is InChI=1S/C16H24N2S/c1-12-3-5-15(6-4-12)19-8-7-18-11-14-9-17-10-16(14)13(18)2/h3-6,13-14,16-17H,7-11H2,1-2H3. The Kier molecular flexibility index (Phi) is 4.15. The van der Waals surface area contributed by atoms with E-state index in [0.29, 0.717) is 0 Å². The Labute approximate surface area is 121 Å². The SMILES string of the molecule is Cc1ccc(SCCN2CC3CNCC3C2C)cc1. The smallest absolute Gasteiger partial charge is 0.0111 e. The Balaban J connectivity index is 1.46. The minimum atomic E-state index is 0.763. The zero-order valence-electron chi connectivity index (χ0n) is 11.9. The first-order valence-corrected chi connectivity index (χ1v) is 8.37. The second kappa shape index (κ2) is 5.86. The number of hydrogen-bond acceptors (Lipinski definition) is 3. The van der Waals surface area contributed by atoms with Gasteiger partial charge in [-0.15, -0.1) is 11.8 Å². The third-order valence-corrected chi connectivity index (χ3v) is 5.72. The van der Waals surface area contributed by atoms with Crippen molar-refractivity contribution in [3.8, 4) is 0 Å². The van der Waals surface area contributed by atoms with Gasteiger partial charge in [0.25, 0.3) is 0 Å². The number of rotatable bonds is 4. The molecule has 2 aliphatic rings. The molecule has 3 unspecified atom stereocenters. The van der Waals surface area contributed by atoms with Gasteiger partial charge in [0.15, 0.2) is 0 Å². The van der Waals surface area contributed by atoms with E-state index >= 15 is 0 Å². The summed E-state index contributed by atoms with van der Waals surface area (Å²) >= 11 is 1.99. The molecule has 1 aromatic carbocycles. The molecule has 0 amide bonds. The molecule has 2 aliphatic heterocycles. The number of nitrogens with one attached hydrogen (secondary N) is 1. The van der Waals surface area contributed by atoms with Crippen LogP contribution in [0, 0.1) is 18.8 Å². The summed E-state index contributed by atoms with van der Waals surface area (Å²) in [7, 11) is 0. The highest BCUT2D eigenvalue weighted by Crippen LogP contribution is 2.32. The number of aryl methyl sites for hydroxylation is 1. The van der Waals surface area contributed by atoms with E-state index in [4.69, 9.17) is 0 Å². The normalized spacial score (nSPS) is 30.7. The average Bonchev–Trinajstić information content (AvgIpc) is 2.97. The van der Waals surface area contributed by atoms with Gasteiger partial charge >= 0.3 is 0 Å². The fourth-order valence-corrected chi connectivity index (χ4v) is 4.36. The van der Waals surface area contributed by atoms with E-state index in [0.717, 1.165) is 17.9 Å². The molecule has 0 bridgehead atoms. The Morgan fingerprint density at radius 3 is 2.79 bits per heavy atom. The minimum absolute atomic E-state index is 0.763. The molecule has 0 spiro atoms. The topological polar surface area (TPSA) is 15.3 Å². The summed E-state index contributed by atoms with van der Waals surface area (Å²) in [6, 6.07) is 9.66. The van der Waals surface area contributed by atoms with E-state index in [-0.39, 0.29) is 0 Å². The van der Waals surface area contributed by atoms with E-state index in [1.807, 2.05) is 11.8 Å². The first-order valence-electron chi connectivity index (χ1n) is 7.38. The van der Waals surface area contributed by atoms with Crippen LogP contribution in [0.1, 0.15) is 12.5 Å². The molecule has 0 radical (unpaired) electrons. The first kappa shape index (κ1) is 13.5. The van der Waals surface area contributed by atoms with Crippen molar-refractivity contribution < 1.29 is 0 Å². The molecular formula is C16H24N2S. The van der Waals surface area contributed by atoms with Crippen LogP contribution in [0.15, 0.2) is 29.2 Å². The lowest BCUT2D eigenvalue weighted by molar-refractivity contribution is 0.254. The summed E-state index contributed by atoms with van der Waals surface area (Å²) in [5, 5.41) is 3.53. The van der Waals surface area contributed by atoms with E-state index in [9.17, 15) is 0 Å². The lowest BCUT2D eigenvalue weighted by Crippen LogP contribution is -2.34. The molecule has 2 fully saturated rings. The molecule has 2 saturated heterocycles. The summed E-state index contributed by atoms with van der Waals surface area (Å²) in [6.07, 6.45) is 0. The van der Waals surface area contributed by atoms with Crippen molar-refractivity contribution in [3.63, 3.8) is 0 Å². The summed E-state index contributed by atoms with van der Waals surface area (Å²) in [5.41, 5.74) is 1.35. The summed E-state index contributed by atoms with van der Waals surface area (Å²) in [5.74, 6) is 3.00. The maximum absolute atomic E-state index is 3.53. The van der Waals surface area contributed by atoms with Gasteiger partial charge in [0.1, 0.15) is 0 Å². The molecule has 2 nitrogen and oxygen atoms in total. The lowest BCUT2D eigenvalue weighted by atomic mass is 9.95. The molecule has 0 aromatic heterocycles. The average molecular weight is 276 g/mol. The Morgan fingerprint density at radius 1 is 1.26 bits per heavy atom. The number of benzene rings is 1. The third-order valence-electron chi connectivity index (χ3n) is 4.72. The highest BCUT2D eigenvalue weighted by molar-refractivity contribution is 7.99. The molecule has 1 N–H and O–H groups in total. The maximum Gasteiger partial charge on any atom is 0.0111 e. The van der Waals surface area contributed by atoms with Crippen LogP contribution in [0.3, 0.4) is 0 Å². The number of fused-ring (bicyclic) bond motifs is 1. The summed E-state index contributed by atoms with van der Waals surface area (Å²) in [6.45, 7) is 9.55. The van der Waals surface area contributed by atoms with Gasteiger partial charge in [-0.05, 0) is 50.9 Å². The van der Waals surface area contributed by atoms with Gasteiger partial charge in [0.2, 0.25) is 0 Å². The summed E-state index contributed by atoms with van der Waals surface area (Å²) in [4.78, 5) is 4.09. The van der Waals surface area contributed by atoms with Gasteiger partial charge in [0, 0.05) is 29.8 Å². The fraction of sp³-hybridized carbons (Fsp3) is 0.625. The predicted molar refractivity (Wildman–Crippen MR) is 82.8 cm³/mol. The molecule has 0 aliphatic carbocycles. The van der Waals surface area contributed by atoms with E-state index in [2.05, 4.69) is 48.3 Å². The summed E-state index contributed by atoms with van der Waals surface area (Å²) < 4.78 is 0. The molecule has 1 aromatic rings. The van der Waals surface area contributed by atoms with Gasteiger partial charge in [-0.3, -0.25) is 4.90 Å². The highest BCUT2D eigenvalue weighted by atomic mass is 32.2. The molecule has 2 heterocycles. The molecule has 104 valence electrons. The second-order valence-electron chi connectivity index (χ2n) is 5.98. The highest BCUT2D eigenvalue weighted by Gasteiger charge is 2.41. The maximum atomic E-state index is 3.53. The number of likely N-dealkylation sites (tertiary alicyclic amines) is 1. The zero-order chi connectivity index (χ0) is 13.2. The lowest BCUT2D eigenvalue weighted by Gasteiger charge is -2.23. The van der Waals surface area contributed by atoms with Gasteiger partial charge < -0.3 is 5.32 Å². The van der Waals surface area contributed by atoms with Crippen molar-refractivity contribution in [1.82, 2.24) is 10.2 Å². The van der Waals surface area contributed by atoms with E-state index in [1.54, 1.807) is 0 Å². The molecule has 19 heavy (non-hydrogen) atoms. The monoisotopic (exact) mass is 276 g/mol. The van der Waals surface area contributed by atoms with Gasteiger partial charge in [-0.1, -0.05) is 17.7 Å². The van der Waals surface area contributed by atoms with Gasteiger partial charge in [0.05, 0.1) is 0 Å². The van der Waals surface area contributed by atoms with Crippen LogP contribution in [0.25, 0.3) is 0 Å². The van der Waals surface area contributed by atoms with Gasteiger partial charge in [-0.2, -0.15) is 0 Å². The zero-order valence-corrected chi connectivity index (χ0v) is 12.7. The molecule has 0 saturated carbocycles. The Bertz CT molecular complexity index is 417. The Morgan fingerprint density at radius 2 is 2.05 bits per heavy atom. The Hall–Kier alpha value is -0.510. The van der Waals surface area contributed by atoms with Crippen LogP contribution >= 0.6 is 11.8 Å². The third kappa shape index (κ3) is 2.99. The quantitative estimate of drug-likeness (QED) is 0.851. The number of hydrogen-bond donors (Lipinski definition) is 1. The van der Waals surface area contributed by atoms with Crippen molar-refractivity contribution in [3.05, 3.63) is 29.8 Å². The number of thioether (sulfide) groups is 1. The minimum Gasteiger partial charge on any atom is -0.316 e. The fourth-order valence-electron chi connectivity index (χ4n) is 3.47. The molecule has 3 rings (SSSR count).